The Hall–Kier alpha value is -1.02. The number of halogens is 4. The minimum atomic E-state index is -3.21. The molecule has 0 radical (unpaired) electrons. The number of hydrogen-bond donors (Lipinski definition) is 0. The van der Waals surface area contributed by atoms with Crippen LogP contribution in [-0.4, -0.2) is 36.8 Å². The van der Waals surface area contributed by atoms with Crippen LogP contribution >= 0.6 is 0 Å². The van der Waals surface area contributed by atoms with Crippen LogP contribution in [0.3, 0.4) is 0 Å². The molecule has 274 valence electrons. The number of hydrogen-bond acceptors (Lipinski definition) is 0. The third kappa shape index (κ3) is 7.51. The summed E-state index contributed by atoms with van der Waals surface area (Å²) in [5.74, 6) is -6.42. The van der Waals surface area contributed by atoms with Crippen molar-refractivity contribution in [2.75, 3.05) is 0 Å². The Kier molecular flexibility index (Phi) is 13.6. The number of alkyl halides is 4. The van der Waals surface area contributed by atoms with Crippen LogP contribution in [0.5, 0.6) is 0 Å². The number of fused-ring (bicyclic) bond motifs is 6. The summed E-state index contributed by atoms with van der Waals surface area (Å²) in [4.78, 5) is 0. The van der Waals surface area contributed by atoms with Gasteiger partial charge in [-0.3, -0.25) is 0 Å². The molecule has 0 N–H and O–H groups in total. The van der Waals surface area contributed by atoms with Crippen LogP contribution < -0.4 is 7.16 Å². The Labute approximate surface area is 309 Å². The molecule has 0 spiro atoms. The monoisotopic (exact) mass is 906 g/mol. The molecule has 5 rings (SSSR count). The molecule has 0 amide bonds. The standard InChI is InChI=1S/C20H8F4.6C4H9.2Sn/c21-19(22)15-7-3-1-5-11(15)13-9-18-14(10-17(13)19)12-6-2-4-8-16(12)20(18,23)24;6*1-3-4-2;;/h1-2,5-10H;6*1,3-4H2,2H3;;. The van der Waals surface area contributed by atoms with E-state index in [1.54, 1.807) is 0 Å². The van der Waals surface area contributed by atoms with Crippen LogP contribution in [0.15, 0.2) is 48.5 Å². The van der Waals surface area contributed by atoms with Gasteiger partial charge in [-0.25, -0.2) is 0 Å². The van der Waals surface area contributed by atoms with Crippen molar-refractivity contribution >= 4 is 43.9 Å². The summed E-state index contributed by atoms with van der Waals surface area (Å²) in [6.07, 6.45) is 13.6. The zero-order chi connectivity index (χ0) is 36.2. The van der Waals surface area contributed by atoms with Crippen molar-refractivity contribution in [2.45, 2.75) is 157 Å². The topological polar surface area (TPSA) is 0 Å². The predicted molar refractivity (Wildman–Crippen MR) is 212 cm³/mol. The van der Waals surface area contributed by atoms with Gasteiger partial charge >= 0.3 is 312 Å². The van der Waals surface area contributed by atoms with E-state index in [1.165, 1.54) is 45.9 Å². The SMILES string of the molecule is CCC[CH2][Sn]([CH2]CCC)([CH2]CCC)[c]1ccc2c(c1)C(F)(F)c1cc3c(cc1-2)C(F)(F)c1c[c]([Sn]([CH2]CCC)([CH2]CCC)[CH2]CCC)ccc1-3. The van der Waals surface area contributed by atoms with Crippen molar-refractivity contribution in [3.8, 4) is 22.3 Å². The van der Waals surface area contributed by atoms with Crippen molar-refractivity contribution in [3.05, 3.63) is 70.8 Å². The molecular weight excluding hydrogens is 842 g/mol. The first kappa shape index (κ1) is 40.2. The number of rotatable bonds is 20. The summed E-state index contributed by atoms with van der Waals surface area (Å²) in [6, 6.07) is 14.6. The third-order valence-electron chi connectivity index (χ3n) is 12.4. The van der Waals surface area contributed by atoms with Gasteiger partial charge in [0.25, 0.3) is 0 Å². The molecule has 0 saturated carbocycles. The first-order chi connectivity index (χ1) is 24.0. The summed E-state index contributed by atoms with van der Waals surface area (Å²) in [6.45, 7) is 13.3. The Morgan fingerprint density at radius 3 is 0.900 bits per heavy atom. The van der Waals surface area contributed by atoms with Crippen LogP contribution in [0.4, 0.5) is 17.6 Å². The minimum absolute atomic E-state index is 0.0414. The van der Waals surface area contributed by atoms with Crippen molar-refractivity contribution in [1.82, 2.24) is 0 Å². The summed E-state index contributed by atoms with van der Waals surface area (Å²) in [5, 5.41) is 0. The van der Waals surface area contributed by atoms with Gasteiger partial charge in [0.15, 0.2) is 0 Å². The van der Waals surface area contributed by atoms with Crippen molar-refractivity contribution < 1.29 is 17.6 Å². The average Bonchev–Trinajstić information content (AvgIpc) is 3.48. The second-order valence-corrected chi connectivity index (χ2v) is 42.3. The molecule has 0 nitrogen and oxygen atoms in total. The van der Waals surface area contributed by atoms with Crippen molar-refractivity contribution in [3.63, 3.8) is 0 Å². The van der Waals surface area contributed by atoms with Crippen molar-refractivity contribution in [1.29, 1.82) is 0 Å². The molecule has 0 saturated heterocycles. The van der Waals surface area contributed by atoms with E-state index in [1.807, 2.05) is 24.3 Å². The number of unbranched alkanes of at least 4 members (excludes halogenated alkanes) is 6. The zero-order valence-electron chi connectivity index (χ0n) is 31.9. The number of benzene rings is 3. The summed E-state index contributed by atoms with van der Waals surface area (Å²) >= 11 is -5.99. The molecular formula is C44H62F4Sn2. The van der Waals surface area contributed by atoms with Crippen molar-refractivity contribution in [2.24, 2.45) is 0 Å². The van der Waals surface area contributed by atoms with Gasteiger partial charge < -0.3 is 0 Å². The predicted octanol–water partition coefficient (Wildman–Crippen LogP) is 14.0. The van der Waals surface area contributed by atoms with Gasteiger partial charge in [0.05, 0.1) is 0 Å². The van der Waals surface area contributed by atoms with E-state index in [0.717, 1.165) is 77.0 Å². The molecule has 0 heterocycles. The van der Waals surface area contributed by atoms with Gasteiger partial charge in [-0.1, -0.05) is 0 Å². The first-order valence-corrected chi connectivity index (χ1v) is 35.2. The van der Waals surface area contributed by atoms with E-state index in [9.17, 15) is 0 Å². The maximum absolute atomic E-state index is 16.7. The van der Waals surface area contributed by atoms with Crippen LogP contribution in [-0.2, 0) is 11.8 Å². The quantitative estimate of drug-likeness (QED) is 0.0783. The Bertz CT molecular complexity index is 1450. The zero-order valence-corrected chi connectivity index (χ0v) is 37.6. The summed E-state index contributed by atoms with van der Waals surface area (Å²) < 4.78 is 76.4. The van der Waals surface area contributed by atoms with E-state index < -0.39 is 48.6 Å². The Balaban J connectivity index is 1.60. The molecule has 3 aromatic rings. The molecule has 0 bridgehead atoms. The molecule has 0 atom stereocenters. The fourth-order valence-electron chi connectivity index (χ4n) is 9.30. The second-order valence-electron chi connectivity index (χ2n) is 15.8. The molecule has 0 fully saturated rings. The first-order valence-electron chi connectivity index (χ1n) is 20.3. The second kappa shape index (κ2) is 17.0. The molecule has 2 aliphatic carbocycles. The average molecular weight is 904 g/mol. The Morgan fingerprint density at radius 2 is 0.640 bits per heavy atom. The van der Waals surface area contributed by atoms with Gasteiger partial charge in [-0.2, -0.15) is 0 Å². The van der Waals surface area contributed by atoms with E-state index in [2.05, 4.69) is 53.7 Å². The fraction of sp³-hybridized carbons (Fsp3) is 0.591. The molecule has 0 aromatic heterocycles. The third-order valence-corrected chi connectivity index (χ3v) is 43.6. The van der Waals surface area contributed by atoms with E-state index in [0.29, 0.717) is 22.3 Å². The normalized spacial score (nSPS) is 15.6. The van der Waals surface area contributed by atoms with Gasteiger partial charge in [0.1, 0.15) is 0 Å². The summed E-state index contributed by atoms with van der Waals surface area (Å²) in [7, 11) is 0. The molecule has 50 heavy (non-hydrogen) atoms. The van der Waals surface area contributed by atoms with Gasteiger partial charge in [0, 0.05) is 0 Å². The van der Waals surface area contributed by atoms with Crippen LogP contribution in [0.25, 0.3) is 22.3 Å². The maximum atomic E-state index is 16.7. The van der Waals surface area contributed by atoms with Crippen LogP contribution in [0, 0.1) is 0 Å². The molecule has 0 aliphatic heterocycles. The molecule has 6 heteroatoms. The summed E-state index contributed by atoms with van der Waals surface area (Å²) in [5.41, 5.74) is 1.35. The van der Waals surface area contributed by atoms with Crippen LogP contribution in [0.1, 0.15) is 141 Å². The molecule has 2 aliphatic rings. The molecule has 3 aromatic carbocycles. The van der Waals surface area contributed by atoms with E-state index in [-0.39, 0.29) is 22.3 Å². The molecule has 0 unspecified atom stereocenters. The van der Waals surface area contributed by atoms with E-state index >= 15 is 17.6 Å². The van der Waals surface area contributed by atoms with E-state index in [4.69, 9.17) is 0 Å². The van der Waals surface area contributed by atoms with Crippen LogP contribution in [0.2, 0.25) is 26.6 Å². The van der Waals surface area contributed by atoms with Gasteiger partial charge in [0.2, 0.25) is 0 Å². The fourth-order valence-corrected chi connectivity index (χ4v) is 41.2. The van der Waals surface area contributed by atoms with Gasteiger partial charge in [-0.05, 0) is 0 Å². The Morgan fingerprint density at radius 1 is 0.380 bits per heavy atom. The van der Waals surface area contributed by atoms with Gasteiger partial charge in [-0.15, -0.1) is 0 Å².